The summed E-state index contributed by atoms with van der Waals surface area (Å²) in [6.45, 7) is 4.20. The maximum absolute atomic E-state index is 13.0. The Morgan fingerprint density at radius 1 is 1.14 bits per heavy atom. The van der Waals surface area contributed by atoms with Crippen LogP contribution in [0.4, 0.5) is 10.5 Å². The lowest BCUT2D eigenvalue weighted by atomic mass is 10.1. The SMILES string of the molecule is CCOc1c(Br)cc(/C=C2\C(=O)NC(=O)N(c3ccc(C)cc3)C2=O)cc1OC. The zero-order chi connectivity index (χ0) is 21.1. The number of urea groups is 1. The quantitative estimate of drug-likeness (QED) is 0.543. The van der Waals surface area contributed by atoms with E-state index in [4.69, 9.17) is 9.47 Å². The summed E-state index contributed by atoms with van der Waals surface area (Å²) in [7, 11) is 1.50. The van der Waals surface area contributed by atoms with Crippen molar-refractivity contribution in [3.63, 3.8) is 0 Å². The summed E-state index contributed by atoms with van der Waals surface area (Å²) < 4.78 is 11.5. The van der Waals surface area contributed by atoms with Gasteiger partial charge in [-0.1, -0.05) is 17.7 Å². The zero-order valence-corrected chi connectivity index (χ0v) is 17.7. The summed E-state index contributed by atoms with van der Waals surface area (Å²) in [5, 5.41) is 2.21. The van der Waals surface area contributed by atoms with Crippen molar-refractivity contribution in [2.45, 2.75) is 13.8 Å². The molecule has 0 radical (unpaired) electrons. The Bertz CT molecular complexity index is 1010. The summed E-state index contributed by atoms with van der Waals surface area (Å²) in [4.78, 5) is 38.5. The van der Waals surface area contributed by atoms with Crippen molar-refractivity contribution in [1.82, 2.24) is 5.32 Å². The van der Waals surface area contributed by atoms with Gasteiger partial charge in [0.25, 0.3) is 11.8 Å². The summed E-state index contributed by atoms with van der Waals surface area (Å²) in [6.07, 6.45) is 1.41. The molecule has 1 aliphatic heterocycles. The van der Waals surface area contributed by atoms with Gasteiger partial charge in [0.15, 0.2) is 11.5 Å². The number of aryl methyl sites for hydroxylation is 1. The van der Waals surface area contributed by atoms with E-state index in [9.17, 15) is 14.4 Å². The number of nitrogens with zero attached hydrogens (tertiary/aromatic N) is 1. The molecule has 0 unspecified atom stereocenters. The second kappa shape index (κ2) is 8.48. The van der Waals surface area contributed by atoms with Gasteiger partial charge in [-0.2, -0.15) is 0 Å². The first-order valence-electron chi connectivity index (χ1n) is 8.84. The summed E-state index contributed by atoms with van der Waals surface area (Å²) in [5.41, 5.74) is 1.73. The lowest BCUT2D eigenvalue weighted by Crippen LogP contribution is -2.54. The Labute approximate surface area is 176 Å². The fourth-order valence-electron chi connectivity index (χ4n) is 2.86. The molecule has 1 aliphatic rings. The van der Waals surface area contributed by atoms with E-state index in [1.807, 2.05) is 13.8 Å². The number of nitrogens with one attached hydrogen (secondary N) is 1. The van der Waals surface area contributed by atoms with Crippen molar-refractivity contribution >= 4 is 45.5 Å². The van der Waals surface area contributed by atoms with Crippen molar-refractivity contribution in [3.8, 4) is 11.5 Å². The number of halogens is 1. The molecule has 150 valence electrons. The number of barbiturate groups is 1. The van der Waals surface area contributed by atoms with Crippen LogP contribution in [-0.2, 0) is 9.59 Å². The molecule has 4 amide bonds. The van der Waals surface area contributed by atoms with Gasteiger partial charge in [-0.15, -0.1) is 0 Å². The molecule has 1 heterocycles. The van der Waals surface area contributed by atoms with E-state index in [0.717, 1.165) is 10.5 Å². The number of carbonyl (C=O) groups is 3. The Balaban J connectivity index is 2.02. The number of ether oxygens (including phenoxy) is 2. The first-order valence-corrected chi connectivity index (χ1v) is 9.63. The lowest BCUT2D eigenvalue weighted by molar-refractivity contribution is -0.122. The fraction of sp³-hybridized carbons (Fsp3) is 0.190. The van der Waals surface area contributed by atoms with Crippen LogP contribution in [0.5, 0.6) is 11.5 Å². The van der Waals surface area contributed by atoms with Crippen molar-refractivity contribution in [2.24, 2.45) is 0 Å². The highest BCUT2D eigenvalue weighted by molar-refractivity contribution is 9.10. The summed E-state index contributed by atoms with van der Waals surface area (Å²) in [6, 6.07) is 9.43. The van der Waals surface area contributed by atoms with Crippen LogP contribution in [0.2, 0.25) is 0 Å². The number of carbonyl (C=O) groups excluding carboxylic acids is 3. The van der Waals surface area contributed by atoms with Crippen LogP contribution >= 0.6 is 15.9 Å². The third-order valence-electron chi connectivity index (χ3n) is 4.25. The summed E-state index contributed by atoms with van der Waals surface area (Å²) in [5.74, 6) is -0.491. The van der Waals surface area contributed by atoms with Crippen LogP contribution in [0.15, 0.2) is 46.4 Å². The molecular formula is C21H19BrN2O5. The average molecular weight is 459 g/mol. The third-order valence-corrected chi connectivity index (χ3v) is 4.83. The molecule has 1 fully saturated rings. The Morgan fingerprint density at radius 3 is 2.45 bits per heavy atom. The maximum atomic E-state index is 13.0. The predicted octanol–water partition coefficient (Wildman–Crippen LogP) is 3.83. The molecule has 2 aromatic rings. The Hall–Kier alpha value is -3.13. The highest BCUT2D eigenvalue weighted by atomic mass is 79.9. The number of amides is 4. The molecule has 29 heavy (non-hydrogen) atoms. The van der Waals surface area contributed by atoms with Crippen LogP contribution in [0.25, 0.3) is 6.08 Å². The van der Waals surface area contributed by atoms with Gasteiger partial charge in [-0.25, -0.2) is 9.69 Å². The maximum Gasteiger partial charge on any atom is 0.335 e. The number of benzene rings is 2. The smallest absolute Gasteiger partial charge is 0.335 e. The minimum atomic E-state index is -0.786. The molecular weight excluding hydrogens is 440 g/mol. The van der Waals surface area contributed by atoms with Crippen molar-refractivity contribution in [1.29, 1.82) is 0 Å². The molecule has 0 atom stereocenters. The van der Waals surface area contributed by atoms with Crippen LogP contribution < -0.4 is 19.7 Å². The fourth-order valence-corrected chi connectivity index (χ4v) is 3.43. The second-order valence-electron chi connectivity index (χ2n) is 6.26. The van der Waals surface area contributed by atoms with Gasteiger partial charge in [0, 0.05) is 0 Å². The average Bonchev–Trinajstić information content (AvgIpc) is 2.68. The molecule has 1 saturated heterocycles. The number of rotatable bonds is 5. The van der Waals surface area contributed by atoms with E-state index in [-0.39, 0.29) is 5.57 Å². The van der Waals surface area contributed by atoms with Crippen molar-refractivity contribution in [3.05, 3.63) is 57.6 Å². The van der Waals surface area contributed by atoms with E-state index in [0.29, 0.717) is 33.8 Å². The molecule has 1 N–H and O–H groups in total. The molecule has 0 saturated carbocycles. The normalized spacial score (nSPS) is 15.5. The topological polar surface area (TPSA) is 84.9 Å². The first-order chi connectivity index (χ1) is 13.8. The highest BCUT2D eigenvalue weighted by Crippen LogP contribution is 2.37. The number of methoxy groups -OCH3 is 1. The van der Waals surface area contributed by atoms with Gasteiger partial charge >= 0.3 is 6.03 Å². The minimum Gasteiger partial charge on any atom is -0.493 e. The lowest BCUT2D eigenvalue weighted by Gasteiger charge is -2.26. The van der Waals surface area contributed by atoms with Crippen LogP contribution in [0, 0.1) is 6.92 Å². The van der Waals surface area contributed by atoms with E-state index in [2.05, 4.69) is 21.2 Å². The minimum absolute atomic E-state index is 0.164. The van der Waals surface area contributed by atoms with E-state index in [1.165, 1.54) is 13.2 Å². The van der Waals surface area contributed by atoms with Gasteiger partial charge in [-0.05, 0) is 65.7 Å². The monoisotopic (exact) mass is 458 g/mol. The van der Waals surface area contributed by atoms with Crippen molar-refractivity contribution in [2.75, 3.05) is 18.6 Å². The zero-order valence-electron chi connectivity index (χ0n) is 16.1. The third kappa shape index (κ3) is 4.17. The van der Waals surface area contributed by atoms with E-state index < -0.39 is 17.8 Å². The molecule has 0 spiro atoms. The van der Waals surface area contributed by atoms with Crippen LogP contribution in [0.1, 0.15) is 18.1 Å². The number of hydrogen-bond acceptors (Lipinski definition) is 5. The Kier molecular flexibility index (Phi) is 6.03. The molecule has 7 nitrogen and oxygen atoms in total. The number of hydrogen-bond donors (Lipinski definition) is 1. The molecule has 0 aromatic heterocycles. The summed E-state index contributed by atoms with van der Waals surface area (Å²) >= 11 is 3.42. The predicted molar refractivity (Wildman–Crippen MR) is 112 cm³/mol. The second-order valence-corrected chi connectivity index (χ2v) is 7.11. The van der Waals surface area contributed by atoms with E-state index in [1.54, 1.807) is 36.4 Å². The highest BCUT2D eigenvalue weighted by Gasteiger charge is 2.36. The van der Waals surface area contributed by atoms with Gasteiger partial charge in [0.1, 0.15) is 5.57 Å². The Morgan fingerprint density at radius 2 is 1.83 bits per heavy atom. The first kappa shape index (κ1) is 20.6. The largest absolute Gasteiger partial charge is 0.493 e. The van der Waals surface area contributed by atoms with Crippen LogP contribution in [0.3, 0.4) is 0 Å². The molecule has 2 aromatic carbocycles. The molecule has 3 rings (SSSR count). The van der Waals surface area contributed by atoms with Gasteiger partial charge in [-0.3, -0.25) is 14.9 Å². The number of anilines is 1. The number of imide groups is 2. The molecule has 8 heteroatoms. The van der Waals surface area contributed by atoms with Gasteiger partial charge in [0.05, 0.1) is 23.9 Å². The molecule has 0 aliphatic carbocycles. The van der Waals surface area contributed by atoms with Crippen molar-refractivity contribution < 1.29 is 23.9 Å². The molecule has 0 bridgehead atoms. The van der Waals surface area contributed by atoms with Gasteiger partial charge < -0.3 is 9.47 Å². The van der Waals surface area contributed by atoms with E-state index >= 15 is 0 Å². The van der Waals surface area contributed by atoms with Crippen LogP contribution in [-0.4, -0.2) is 31.6 Å². The standard InChI is InChI=1S/C21H19BrN2O5/c1-4-29-18-16(22)10-13(11-17(18)28-3)9-15-19(25)23-21(27)24(20(15)26)14-7-5-12(2)6-8-14/h5-11H,4H2,1-3H3,(H,23,25,27)/b15-9+. The van der Waals surface area contributed by atoms with Gasteiger partial charge in [0.2, 0.25) is 0 Å².